The molecular weight excluding hydrogens is 481 g/mol. The Bertz CT molecular complexity index is 659. The molecular formula is C25H56O6Si3. The van der Waals surface area contributed by atoms with Crippen LogP contribution in [0.3, 0.4) is 0 Å². The van der Waals surface area contributed by atoms with Crippen molar-refractivity contribution >= 4 is 25.0 Å². The van der Waals surface area contributed by atoms with E-state index in [0.717, 1.165) is 0 Å². The van der Waals surface area contributed by atoms with Crippen molar-refractivity contribution in [1.29, 1.82) is 0 Å². The minimum Gasteiger partial charge on any atom is -0.414 e. The summed E-state index contributed by atoms with van der Waals surface area (Å²) in [4.78, 5) is 0. The normalized spacial score (nSPS) is 28.3. The third-order valence-corrected chi connectivity index (χ3v) is 22.2. The molecule has 1 N–H and O–H groups in total. The molecule has 1 fully saturated rings. The third-order valence-electron chi connectivity index (χ3n) is 8.74. The van der Waals surface area contributed by atoms with Crippen LogP contribution in [0.4, 0.5) is 0 Å². The smallest absolute Gasteiger partial charge is 0.192 e. The van der Waals surface area contributed by atoms with Crippen molar-refractivity contribution in [3.63, 3.8) is 0 Å². The van der Waals surface area contributed by atoms with Gasteiger partial charge in [0.05, 0.1) is 6.61 Å². The molecule has 0 aromatic carbocycles. The molecule has 0 aromatic rings. The van der Waals surface area contributed by atoms with Crippen molar-refractivity contribution in [2.24, 2.45) is 0 Å². The Hall–Kier alpha value is 0.411. The Balaban J connectivity index is 3.35. The first-order chi connectivity index (χ1) is 14.9. The lowest BCUT2D eigenvalue weighted by molar-refractivity contribution is -0.287. The quantitative estimate of drug-likeness (QED) is 0.356. The van der Waals surface area contributed by atoms with Crippen LogP contribution in [-0.4, -0.2) is 74.5 Å². The molecule has 0 radical (unpaired) electrons. The summed E-state index contributed by atoms with van der Waals surface area (Å²) in [7, 11) is -4.82. The molecule has 9 heteroatoms. The molecule has 1 saturated heterocycles. The molecule has 1 aliphatic heterocycles. The van der Waals surface area contributed by atoms with E-state index in [1.165, 1.54) is 0 Å². The van der Waals surface area contributed by atoms with Crippen LogP contribution in [0.2, 0.25) is 54.4 Å². The molecule has 1 rings (SSSR count). The molecule has 1 heterocycles. The van der Waals surface area contributed by atoms with Crippen LogP contribution in [-0.2, 0) is 22.8 Å². The van der Waals surface area contributed by atoms with Gasteiger partial charge in [-0.05, 0) is 54.4 Å². The number of aliphatic hydroxyl groups is 1. The SMILES string of the molecule is CO[C@H]1O[C@H](CO[Si](C)(C)C(C)(C)C)[C@@H](O[Si](C)(C)C(C)(C)C)[C@H](O)[C@H]1O[Si](C)(C)C(C)(C)C. The van der Waals surface area contributed by atoms with E-state index in [-0.39, 0.29) is 15.1 Å². The molecule has 0 aromatic heterocycles. The average Bonchev–Trinajstić information content (AvgIpc) is 2.61. The average molecular weight is 537 g/mol. The predicted octanol–water partition coefficient (Wildman–Crippen LogP) is 6.52. The van der Waals surface area contributed by atoms with Crippen LogP contribution < -0.4 is 0 Å². The highest BCUT2D eigenvalue weighted by Gasteiger charge is 2.53. The van der Waals surface area contributed by atoms with E-state index in [4.69, 9.17) is 22.8 Å². The zero-order valence-electron chi connectivity index (χ0n) is 25.1. The van der Waals surface area contributed by atoms with Gasteiger partial charge in [-0.1, -0.05) is 62.3 Å². The summed E-state index contributed by atoms with van der Waals surface area (Å²) in [5, 5.41) is 11.8. The first-order valence-corrected chi connectivity index (χ1v) is 21.5. The monoisotopic (exact) mass is 536 g/mol. The molecule has 6 nitrogen and oxygen atoms in total. The highest BCUT2D eigenvalue weighted by Crippen LogP contribution is 2.43. The van der Waals surface area contributed by atoms with E-state index in [0.29, 0.717) is 6.61 Å². The lowest BCUT2D eigenvalue weighted by Gasteiger charge is -2.51. The zero-order valence-corrected chi connectivity index (χ0v) is 28.1. The summed E-state index contributed by atoms with van der Waals surface area (Å²) in [6, 6.07) is 0. The first kappa shape index (κ1) is 32.4. The number of ether oxygens (including phenoxy) is 2. The third kappa shape index (κ3) is 7.47. The van der Waals surface area contributed by atoms with Crippen molar-refractivity contribution in [1.82, 2.24) is 0 Å². The molecule has 0 bridgehead atoms. The van der Waals surface area contributed by atoms with Crippen LogP contribution in [0.25, 0.3) is 0 Å². The van der Waals surface area contributed by atoms with Crippen molar-refractivity contribution in [2.45, 2.75) is 147 Å². The maximum atomic E-state index is 11.7. The van der Waals surface area contributed by atoms with Gasteiger partial charge in [0.15, 0.2) is 31.2 Å². The maximum Gasteiger partial charge on any atom is 0.192 e. The second-order valence-corrected chi connectivity index (χ2v) is 28.8. The summed E-state index contributed by atoms with van der Waals surface area (Å²) >= 11 is 0. The van der Waals surface area contributed by atoms with Crippen LogP contribution in [0.5, 0.6) is 0 Å². The van der Waals surface area contributed by atoms with Gasteiger partial charge in [0.1, 0.15) is 24.4 Å². The standard InChI is InChI=1S/C25H56O6Si3/c1-23(2,3)32(11,12)28-17-18-20(30-33(13,14)24(4,5)6)19(26)21(22(27-10)29-18)31-34(15,16)25(7,8)9/h18-22,26H,17H2,1-16H3/t18-,19+,20-,21-,22+/m1/s1. The van der Waals surface area contributed by atoms with E-state index < -0.39 is 55.7 Å². The van der Waals surface area contributed by atoms with Gasteiger partial charge in [0, 0.05) is 7.11 Å². The second-order valence-electron chi connectivity index (χ2n) is 14.5. The van der Waals surface area contributed by atoms with Gasteiger partial charge in [-0.25, -0.2) is 0 Å². The topological polar surface area (TPSA) is 66.4 Å². The summed E-state index contributed by atoms with van der Waals surface area (Å²) in [5.41, 5.74) is 0. The molecule has 1 aliphatic rings. The molecule has 5 atom stereocenters. The van der Waals surface area contributed by atoms with E-state index in [9.17, 15) is 5.11 Å². The van der Waals surface area contributed by atoms with Gasteiger partial charge in [-0.15, -0.1) is 0 Å². The summed E-state index contributed by atoms with van der Waals surface area (Å²) < 4.78 is 32.2. The van der Waals surface area contributed by atoms with Crippen LogP contribution in [0.15, 0.2) is 0 Å². The summed E-state index contributed by atoms with van der Waals surface area (Å²) in [6.45, 7) is 33.5. The number of hydrogen-bond donors (Lipinski definition) is 1. The first-order valence-electron chi connectivity index (χ1n) is 12.7. The molecule has 0 unspecified atom stereocenters. The van der Waals surface area contributed by atoms with Crippen LogP contribution in [0, 0.1) is 0 Å². The number of aliphatic hydroxyl groups excluding tert-OH is 1. The van der Waals surface area contributed by atoms with Crippen LogP contribution in [0.1, 0.15) is 62.3 Å². The minimum atomic E-state index is -2.21. The molecule has 204 valence electrons. The minimum absolute atomic E-state index is 0.00849. The highest BCUT2D eigenvalue weighted by atomic mass is 28.4. The molecule has 34 heavy (non-hydrogen) atoms. The number of methoxy groups -OCH3 is 1. The Labute approximate surface area is 213 Å². The molecule has 0 amide bonds. The highest BCUT2D eigenvalue weighted by molar-refractivity contribution is 6.75. The summed E-state index contributed by atoms with van der Waals surface area (Å²) in [5.74, 6) is 0. The van der Waals surface area contributed by atoms with Gasteiger partial charge in [0.2, 0.25) is 0 Å². The van der Waals surface area contributed by atoms with Crippen molar-refractivity contribution in [3.8, 4) is 0 Å². The van der Waals surface area contributed by atoms with E-state index in [2.05, 4.69) is 102 Å². The predicted molar refractivity (Wildman–Crippen MR) is 149 cm³/mol. The molecule has 0 saturated carbocycles. The van der Waals surface area contributed by atoms with Gasteiger partial charge < -0.3 is 27.9 Å². The summed E-state index contributed by atoms with van der Waals surface area (Å²) in [6.07, 6.45) is -3.18. The number of hydrogen-bond acceptors (Lipinski definition) is 6. The fourth-order valence-corrected chi connectivity index (χ4v) is 6.65. The Morgan fingerprint density at radius 1 is 0.676 bits per heavy atom. The fourth-order valence-electron chi connectivity index (χ4n) is 3.03. The van der Waals surface area contributed by atoms with Gasteiger partial charge in [-0.2, -0.15) is 0 Å². The van der Waals surface area contributed by atoms with E-state index in [1.54, 1.807) is 7.11 Å². The zero-order chi connectivity index (χ0) is 27.1. The molecule has 0 aliphatic carbocycles. The lowest BCUT2D eigenvalue weighted by atomic mass is 9.99. The number of rotatable bonds is 8. The largest absolute Gasteiger partial charge is 0.414 e. The Morgan fingerprint density at radius 2 is 1.06 bits per heavy atom. The fraction of sp³-hybridized carbons (Fsp3) is 1.00. The van der Waals surface area contributed by atoms with Crippen molar-refractivity contribution in [2.75, 3.05) is 13.7 Å². The van der Waals surface area contributed by atoms with Gasteiger partial charge >= 0.3 is 0 Å². The van der Waals surface area contributed by atoms with Crippen molar-refractivity contribution in [3.05, 3.63) is 0 Å². The molecule has 0 spiro atoms. The Morgan fingerprint density at radius 3 is 1.41 bits per heavy atom. The van der Waals surface area contributed by atoms with Gasteiger partial charge in [0.25, 0.3) is 0 Å². The lowest BCUT2D eigenvalue weighted by Crippen LogP contribution is -2.66. The van der Waals surface area contributed by atoms with Crippen molar-refractivity contribution < 1.29 is 27.9 Å². The van der Waals surface area contributed by atoms with E-state index in [1.807, 2.05) is 0 Å². The van der Waals surface area contributed by atoms with Crippen LogP contribution >= 0.6 is 0 Å². The van der Waals surface area contributed by atoms with E-state index >= 15 is 0 Å². The second kappa shape index (κ2) is 10.6. The van der Waals surface area contributed by atoms with Gasteiger partial charge in [-0.3, -0.25) is 0 Å². The maximum absolute atomic E-state index is 11.7. The Kier molecular flexibility index (Phi) is 10.2.